The molecule has 2 aromatic carbocycles. The predicted octanol–water partition coefficient (Wildman–Crippen LogP) is 2.82. The molecule has 0 saturated heterocycles. The van der Waals surface area contributed by atoms with Crippen LogP contribution in [0, 0.1) is 0 Å². The first-order chi connectivity index (χ1) is 11.0. The highest BCUT2D eigenvalue weighted by Gasteiger charge is 2.26. The van der Waals surface area contributed by atoms with Gasteiger partial charge in [-0.05, 0) is 48.9 Å². The summed E-state index contributed by atoms with van der Waals surface area (Å²) in [6.07, 6.45) is 0. The van der Waals surface area contributed by atoms with Crippen LogP contribution in [-0.4, -0.2) is 24.4 Å². The second-order valence-electron chi connectivity index (χ2n) is 5.53. The van der Waals surface area contributed by atoms with Crippen LogP contribution in [0.3, 0.4) is 0 Å². The van der Waals surface area contributed by atoms with E-state index in [1.54, 1.807) is 49.4 Å². The average Bonchev–Trinajstić information content (AvgIpc) is 3.01. The highest BCUT2D eigenvalue weighted by atomic mass is 79.9. The first-order valence-corrected chi connectivity index (χ1v) is 7.91. The van der Waals surface area contributed by atoms with Crippen LogP contribution in [0.1, 0.15) is 22.8 Å². The second kappa shape index (κ2) is 6.22. The summed E-state index contributed by atoms with van der Waals surface area (Å²) < 4.78 is 11.5. The maximum atomic E-state index is 12.1. The minimum absolute atomic E-state index is 0.0849. The summed E-state index contributed by atoms with van der Waals surface area (Å²) in [4.78, 5) is 12.1. The smallest absolute Gasteiger partial charge is 0.251 e. The van der Waals surface area contributed by atoms with Gasteiger partial charge in [0, 0.05) is 10.0 Å². The first-order valence-electron chi connectivity index (χ1n) is 7.12. The Labute approximate surface area is 142 Å². The van der Waals surface area contributed by atoms with Gasteiger partial charge in [0.25, 0.3) is 5.91 Å². The van der Waals surface area contributed by atoms with E-state index in [1.807, 2.05) is 0 Å². The van der Waals surface area contributed by atoms with Gasteiger partial charge in [0.1, 0.15) is 5.60 Å². The van der Waals surface area contributed by atoms with Gasteiger partial charge in [-0.1, -0.05) is 22.0 Å². The van der Waals surface area contributed by atoms with Crippen LogP contribution in [0.2, 0.25) is 0 Å². The molecule has 0 aromatic heterocycles. The molecule has 1 amide bonds. The number of carbonyl (C=O) groups is 1. The van der Waals surface area contributed by atoms with Gasteiger partial charge in [0.2, 0.25) is 6.79 Å². The van der Waals surface area contributed by atoms with E-state index in [1.165, 1.54) is 0 Å². The molecular formula is C17H16BrNO4. The third-order valence-electron chi connectivity index (χ3n) is 3.69. The Morgan fingerprint density at radius 2 is 1.91 bits per heavy atom. The normalized spacial score (nSPS) is 15.1. The number of fused-ring (bicyclic) bond motifs is 1. The third kappa shape index (κ3) is 3.48. The number of hydrogen-bond donors (Lipinski definition) is 2. The molecule has 6 heteroatoms. The number of hydrogen-bond acceptors (Lipinski definition) is 4. The molecule has 1 aliphatic rings. The number of rotatable bonds is 4. The predicted molar refractivity (Wildman–Crippen MR) is 88.6 cm³/mol. The van der Waals surface area contributed by atoms with Crippen molar-refractivity contribution >= 4 is 21.8 Å². The SMILES string of the molecule is CC(O)(CNC(=O)c1ccc(Br)cc1)c1ccc2c(c1)OCO2. The van der Waals surface area contributed by atoms with E-state index in [0.717, 1.165) is 4.47 Å². The summed E-state index contributed by atoms with van der Waals surface area (Å²) >= 11 is 3.33. The summed E-state index contributed by atoms with van der Waals surface area (Å²) in [5.74, 6) is 1.02. The highest BCUT2D eigenvalue weighted by Crippen LogP contribution is 2.35. The van der Waals surface area contributed by atoms with Gasteiger partial charge in [-0.25, -0.2) is 0 Å². The zero-order valence-corrected chi connectivity index (χ0v) is 14.1. The Bertz CT molecular complexity index is 728. The first kappa shape index (κ1) is 15.8. The fraction of sp³-hybridized carbons (Fsp3) is 0.235. The number of halogens is 1. The molecular weight excluding hydrogens is 362 g/mol. The van der Waals surface area contributed by atoms with Gasteiger partial charge >= 0.3 is 0 Å². The molecule has 1 heterocycles. The van der Waals surface area contributed by atoms with Crippen LogP contribution >= 0.6 is 15.9 Å². The van der Waals surface area contributed by atoms with Crippen molar-refractivity contribution in [2.24, 2.45) is 0 Å². The molecule has 120 valence electrons. The Balaban J connectivity index is 1.68. The van der Waals surface area contributed by atoms with Crippen molar-refractivity contribution in [2.75, 3.05) is 13.3 Å². The highest BCUT2D eigenvalue weighted by molar-refractivity contribution is 9.10. The molecule has 3 rings (SSSR count). The molecule has 0 radical (unpaired) electrons. The van der Waals surface area contributed by atoms with Crippen molar-refractivity contribution in [3.05, 3.63) is 58.1 Å². The standard InChI is InChI=1S/C17H16BrNO4/c1-17(21,12-4-7-14-15(8-12)23-10-22-14)9-19-16(20)11-2-5-13(18)6-3-11/h2-8,21H,9-10H2,1H3,(H,19,20). The van der Waals surface area contributed by atoms with Crippen LogP contribution in [-0.2, 0) is 5.60 Å². The molecule has 2 aromatic rings. The number of amides is 1. The van der Waals surface area contributed by atoms with Crippen molar-refractivity contribution in [2.45, 2.75) is 12.5 Å². The van der Waals surface area contributed by atoms with Gasteiger partial charge in [0.15, 0.2) is 11.5 Å². The molecule has 2 N–H and O–H groups in total. The average molecular weight is 378 g/mol. The van der Waals surface area contributed by atoms with Gasteiger partial charge in [-0.15, -0.1) is 0 Å². The molecule has 0 fully saturated rings. The monoisotopic (exact) mass is 377 g/mol. The van der Waals surface area contributed by atoms with Gasteiger partial charge in [-0.2, -0.15) is 0 Å². The van der Waals surface area contributed by atoms with E-state index in [0.29, 0.717) is 22.6 Å². The number of carbonyl (C=O) groups excluding carboxylic acids is 1. The molecule has 0 saturated carbocycles. The van der Waals surface area contributed by atoms with Gasteiger partial charge < -0.3 is 19.9 Å². The van der Waals surface area contributed by atoms with Crippen molar-refractivity contribution in [1.29, 1.82) is 0 Å². The summed E-state index contributed by atoms with van der Waals surface area (Å²) in [6, 6.07) is 12.3. The number of benzene rings is 2. The number of nitrogens with one attached hydrogen (secondary N) is 1. The lowest BCUT2D eigenvalue weighted by Gasteiger charge is -2.24. The van der Waals surface area contributed by atoms with E-state index in [2.05, 4.69) is 21.2 Å². The van der Waals surface area contributed by atoms with Crippen molar-refractivity contribution in [1.82, 2.24) is 5.32 Å². The van der Waals surface area contributed by atoms with Crippen molar-refractivity contribution < 1.29 is 19.4 Å². The quantitative estimate of drug-likeness (QED) is 0.859. The minimum Gasteiger partial charge on any atom is -0.454 e. The minimum atomic E-state index is -1.22. The van der Waals surface area contributed by atoms with Crippen LogP contribution in [0.15, 0.2) is 46.9 Å². The Morgan fingerprint density at radius 1 is 1.22 bits per heavy atom. The van der Waals surface area contributed by atoms with Crippen LogP contribution in [0.5, 0.6) is 11.5 Å². The van der Waals surface area contributed by atoms with Crippen LogP contribution in [0.25, 0.3) is 0 Å². The maximum Gasteiger partial charge on any atom is 0.251 e. The van der Waals surface area contributed by atoms with E-state index in [4.69, 9.17) is 9.47 Å². The summed E-state index contributed by atoms with van der Waals surface area (Å²) in [6.45, 7) is 1.91. The van der Waals surface area contributed by atoms with E-state index in [-0.39, 0.29) is 19.2 Å². The lowest BCUT2D eigenvalue weighted by Crippen LogP contribution is -2.38. The lowest BCUT2D eigenvalue weighted by atomic mass is 9.95. The number of ether oxygens (including phenoxy) is 2. The van der Waals surface area contributed by atoms with E-state index < -0.39 is 5.60 Å². The zero-order chi connectivity index (χ0) is 16.4. The molecule has 1 aliphatic heterocycles. The molecule has 0 bridgehead atoms. The molecule has 1 unspecified atom stereocenters. The second-order valence-corrected chi connectivity index (χ2v) is 6.45. The maximum absolute atomic E-state index is 12.1. The lowest BCUT2D eigenvalue weighted by molar-refractivity contribution is 0.0525. The molecule has 23 heavy (non-hydrogen) atoms. The summed E-state index contributed by atoms with van der Waals surface area (Å²) in [5.41, 5.74) is -0.0287. The fourth-order valence-electron chi connectivity index (χ4n) is 2.29. The topological polar surface area (TPSA) is 67.8 Å². The van der Waals surface area contributed by atoms with E-state index in [9.17, 15) is 9.90 Å². The summed E-state index contributed by atoms with van der Waals surface area (Å²) in [5, 5.41) is 13.4. The van der Waals surface area contributed by atoms with Crippen molar-refractivity contribution in [3.8, 4) is 11.5 Å². The zero-order valence-electron chi connectivity index (χ0n) is 12.5. The Morgan fingerprint density at radius 3 is 2.65 bits per heavy atom. The van der Waals surface area contributed by atoms with Gasteiger partial charge in [0.05, 0.1) is 6.54 Å². The summed E-state index contributed by atoms with van der Waals surface area (Å²) in [7, 11) is 0. The molecule has 0 aliphatic carbocycles. The largest absolute Gasteiger partial charge is 0.454 e. The van der Waals surface area contributed by atoms with Crippen LogP contribution in [0.4, 0.5) is 0 Å². The molecule has 1 atom stereocenters. The molecule has 5 nitrogen and oxygen atoms in total. The van der Waals surface area contributed by atoms with E-state index >= 15 is 0 Å². The molecule has 0 spiro atoms. The fourth-order valence-corrected chi connectivity index (χ4v) is 2.55. The van der Waals surface area contributed by atoms with Crippen LogP contribution < -0.4 is 14.8 Å². The third-order valence-corrected chi connectivity index (χ3v) is 4.22. The van der Waals surface area contributed by atoms with Gasteiger partial charge in [-0.3, -0.25) is 4.79 Å². The Kier molecular flexibility index (Phi) is 4.28. The Hall–Kier alpha value is -2.05. The van der Waals surface area contributed by atoms with Crippen molar-refractivity contribution in [3.63, 3.8) is 0 Å². The number of aliphatic hydroxyl groups is 1.